The highest BCUT2D eigenvalue weighted by atomic mass is 16.3. The number of rotatable bonds is 7. The molecule has 0 aromatic carbocycles. The van der Waals surface area contributed by atoms with Crippen molar-refractivity contribution in [2.24, 2.45) is 11.3 Å². The minimum atomic E-state index is -0.0973. The van der Waals surface area contributed by atoms with E-state index in [4.69, 9.17) is 10.2 Å². The molecule has 0 heterocycles. The lowest BCUT2D eigenvalue weighted by Crippen LogP contribution is -2.15. The van der Waals surface area contributed by atoms with Crippen LogP contribution >= 0.6 is 0 Å². The SMILES string of the molecule is CC(C)CC(C)(C)CCO.CCCCC(C)O. The lowest BCUT2D eigenvalue weighted by atomic mass is 9.81. The van der Waals surface area contributed by atoms with Crippen molar-refractivity contribution < 1.29 is 10.2 Å². The Hall–Kier alpha value is -0.0800. The zero-order valence-corrected chi connectivity index (χ0v) is 12.8. The summed E-state index contributed by atoms with van der Waals surface area (Å²) in [6.45, 7) is 13.1. The predicted octanol–water partition coefficient (Wildman–Crippen LogP) is 4.00. The highest BCUT2D eigenvalue weighted by Gasteiger charge is 2.17. The van der Waals surface area contributed by atoms with Crippen molar-refractivity contribution in [3.63, 3.8) is 0 Å². The summed E-state index contributed by atoms with van der Waals surface area (Å²) >= 11 is 0. The molecule has 0 radical (unpaired) electrons. The predicted molar refractivity (Wildman–Crippen MR) is 76.1 cm³/mol. The van der Waals surface area contributed by atoms with Crippen LogP contribution in [0, 0.1) is 11.3 Å². The number of aliphatic hydroxyl groups excluding tert-OH is 2. The Balaban J connectivity index is 0. The average Bonchev–Trinajstić information content (AvgIpc) is 2.13. The molecule has 0 aromatic heterocycles. The standard InChI is InChI=1S/C9H20O.C6H14O/c1-8(2)7-9(3,4)5-6-10;1-3-4-5-6(2)7/h8,10H,5-7H2,1-4H3;6-7H,3-5H2,1-2H3. The molecule has 0 aliphatic rings. The van der Waals surface area contributed by atoms with Crippen LogP contribution in [0.1, 0.15) is 73.6 Å². The summed E-state index contributed by atoms with van der Waals surface area (Å²) < 4.78 is 0. The monoisotopic (exact) mass is 246 g/mol. The Kier molecular flexibility index (Phi) is 12.5. The molecular weight excluding hydrogens is 212 g/mol. The second-order valence-corrected chi connectivity index (χ2v) is 6.23. The molecule has 17 heavy (non-hydrogen) atoms. The third kappa shape index (κ3) is 18.5. The highest BCUT2D eigenvalue weighted by molar-refractivity contribution is 4.69. The van der Waals surface area contributed by atoms with E-state index < -0.39 is 0 Å². The molecule has 0 spiro atoms. The number of hydrogen-bond donors (Lipinski definition) is 2. The lowest BCUT2D eigenvalue weighted by molar-refractivity contribution is 0.181. The van der Waals surface area contributed by atoms with E-state index in [0.717, 1.165) is 25.2 Å². The first-order valence-corrected chi connectivity index (χ1v) is 7.04. The molecular formula is C15H34O2. The van der Waals surface area contributed by atoms with Crippen molar-refractivity contribution in [3.8, 4) is 0 Å². The zero-order chi connectivity index (χ0) is 13.9. The van der Waals surface area contributed by atoms with E-state index in [2.05, 4.69) is 34.6 Å². The molecule has 0 aliphatic carbocycles. The molecule has 1 unspecified atom stereocenters. The first-order valence-electron chi connectivity index (χ1n) is 7.04. The lowest BCUT2D eigenvalue weighted by Gasteiger charge is -2.25. The molecule has 0 aromatic rings. The summed E-state index contributed by atoms with van der Waals surface area (Å²) in [5.74, 6) is 0.738. The van der Waals surface area contributed by atoms with Gasteiger partial charge in [0.15, 0.2) is 0 Å². The summed E-state index contributed by atoms with van der Waals surface area (Å²) in [4.78, 5) is 0. The summed E-state index contributed by atoms with van der Waals surface area (Å²) in [7, 11) is 0. The van der Waals surface area contributed by atoms with Gasteiger partial charge in [-0.15, -0.1) is 0 Å². The Labute approximate surface area is 108 Å². The second kappa shape index (κ2) is 11.0. The fourth-order valence-corrected chi connectivity index (χ4v) is 2.01. The van der Waals surface area contributed by atoms with Crippen molar-refractivity contribution in [2.75, 3.05) is 6.61 Å². The van der Waals surface area contributed by atoms with E-state index in [9.17, 15) is 0 Å². The molecule has 0 saturated heterocycles. The first-order chi connectivity index (χ1) is 7.75. The van der Waals surface area contributed by atoms with Crippen molar-refractivity contribution >= 4 is 0 Å². The van der Waals surface area contributed by atoms with E-state index in [1.165, 1.54) is 12.8 Å². The Morgan fingerprint density at radius 1 is 1.12 bits per heavy atom. The van der Waals surface area contributed by atoms with Gasteiger partial charge in [0, 0.05) is 6.61 Å². The smallest absolute Gasteiger partial charge is 0.0512 e. The second-order valence-electron chi connectivity index (χ2n) is 6.23. The van der Waals surface area contributed by atoms with Crippen LogP contribution in [-0.2, 0) is 0 Å². The van der Waals surface area contributed by atoms with Gasteiger partial charge in [0.25, 0.3) is 0 Å². The Morgan fingerprint density at radius 2 is 1.65 bits per heavy atom. The van der Waals surface area contributed by atoms with Crippen molar-refractivity contribution in [1.82, 2.24) is 0 Å². The van der Waals surface area contributed by atoms with Crippen LogP contribution in [0.4, 0.5) is 0 Å². The Bertz CT molecular complexity index is 151. The zero-order valence-electron chi connectivity index (χ0n) is 12.8. The van der Waals surface area contributed by atoms with Gasteiger partial charge < -0.3 is 10.2 Å². The van der Waals surface area contributed by atoms with E-state index >= 15 is 0 Å². The molecule has 0 rings (SSSR count). The van der Waals surface area contributed by atoms with E-state index in [1.807, 2.05) is 6.92 Å². The van der Waals surface area contributed by atoms with Crippen LogP contribution in [0.2, 0.25) is 0 Å². The van der Waals surface area contributed by atoms with Gasteiger partial charge in [-0.1, -0.05) is 47.5 Å². The minimum Gasteiger partial charge on any atom is -0.396 e. The number of hydrogen-bond acceptors (Lipinski definition) is 2. The van der Waals surface area contributed by atoms with E-state index in [1.54, 1.807) is 0 Å². The van der Waals surface area contributed by atoms with Gasteiger partial charge in [-0.3, -0.25) is 0 Å². The largest absolute Gasteiger partial charge is 0.396 e. The number of aliphatic hydroxyl groups is 2. The molecule has 0 fully saturated rings. The fourth-order valence-electron chi connectivity index (χ4n) is 2.01. The van der Waals surface area contributed by atoms with Crippen molar-refractivity contribution in [3.05, 3.63) is 0 Å². The third-order valence-corrected chi connectivity index (χ3v) is 2.72. The van der Waals surface area contributed by atoms with Crippen LogP contribution in [0.25, 0.3) is 0 Å². The summed E-state index contributed by atoms with van der Waals surface area (Å²) in [6.07, 6.45) is 5.32. The van der Waals surface area contributed by atoms with Crippen molar-refractivity contribution in [1.29, 1.82) is 0 Å². The maximum Gasteiger partial charge on any atom is 0.0512 e. The summed E-state index contributed by atoms with van der Waals surface area (Å²) in [6, 6.07) is 0. The van der Waals surface area contributed by atoms with Crippen LogP contribution < -0.4 is 0 Å². The van der Waals surface area contributed by atoms with E-state index in [-0.39, 0.29) is 6.10 Å². The average molecular weight is 246 g/mol. The van der Waals surface area contributed by atoms with Crippen LogP contribution in [0.5, 0.6) is 0 Å². The molecule has 1 atom stereocenters. The molecule has 2 heteroatoms. The van der Waals surface area contributed by atoms with E-state index in [0.29, 0.717) is 12.0 Å². The number of unbranched alkanes of at least 4 members (excludes halogenated alkanes) is 1. The first kappa shape index (κ1) is 19.3. The highest BCUT2D eigenvalue weighted by Crippen LogP contribution is 2.28. The molecule has 2 N–H and O–H groups in total. The Morgan fingerprint density at radius 3 is 1.88 bits per heavy atom. The maximum atomic E-state index is 8.71. The van der Waals surface area contributed by atoms with Gasteiger partial charge in [-0.25, -0.2) is 0 Å². The molecule has 106 valence electrons. The fraction of sp³-hybridized carbons (Fsp3) is 1.00. The van der Waals surface area contributed by atoms with Gasteiger partial charge >= 0.3 is 0 Å². The maximum absolute atomic E-state index is 8.71. The molecule has 0 aliphatic heterocycles. The third-order valence-electron chi connectivity index (χ3n) is 2.72. The van der Waals surface area contributed by atoms with Crippen LogP contribution in [-0.4, -0.2) is 22.9 Å². The van der Waals surface area contributed by atoms with Crippen molar-refractivity contribution in [2.45, 2.75) is 79.8 Å². The quantitative estimate of drug-likeness (QED) is 0.713. The van der Waals surface area contributed by atoms with Gasteiger partial charge in [0.1, 0.15) is 0 Å². The van der Waals surface area contributed by atoms with Crippen LogP contribution in [0.15, 0.2) is 0 Å². The van der Waals surface area contributed by atoms with Gasteiger partial charge in [-0.2, -0.15) is 0 Å². The molecule has 0 amide bonds. The van der Waals surface area contributed by atoms with Gasteiger partial charge in [-0.05, 0) is 37.5 Å². The summed E-state index contributed by atoms with van der Waals surface area (Å²) in [5.41, 5.74) is 0.322. The molecule has 2 nitrogen and oxygen atoms in total. The summed E-state index contributed by atoms with van der Waals surface area (Å²) in [5, 5.41) is 17.4. The minimum absolute atomic E-state index is 0.0973. The topological polar surface area (TPSA) is 40.5 Å². The molecule has 0 bridgehead atoms. The normalized spacial score (nSPS) is 13.2. The van der Waals surface area contributed by atoms with Crippen LogP contribution in [0.3, 0.4) is 0 Å². The molecule has 0 saturated carbocycles. The van der Waals surface area contributed by atoms with Gasteiger partial charge in [0.05, 0.1) is 6.10 Å². The van der Waals surface area contributed by atoms with Gasteiger partial charge in [0.2, 0.25) is 0 Å².